The number of nitrogens with zero attached hydrogens (tertiary/aromatic N) is 4. The third-order valence-corrected chi connectivity index (χ3v) is 3.26. The van der Waals surface area contributed by atoms with Crippen LogP contribution in [-0.4, -0.2) is 19.5 Å². The van der Waals surface area contributed by atoms with Crippen LogP contribution in [0.1, 0.15) is 17.1 Å². The number of rotatable bonds is 3. The lowest BCUT2D eigenvalue weighted by molar-refractivity contribution is 0.768. The first-order chi connectivity index (χ1) is 9.28. The van der Waals surface area contributed by atoms with Gasteiger partial charge in [-0.3, -0.25) is 4.98 Å². The molecule has 0 bridgehead atoms. The van der Waals surface area contributed by atoms with Gasteiger partial charge in [0.1, 0.15) is 11.3 Å². The van der Waals surface area contributed by atoms with Crippen LogP contribution in [0, 0.1) is 6.92 Å². The summed E-state index contributed by atoms with van der Waals surface area (Å²) in [6.45, 7) is 2.68. The van der Waals surface area contributed by atoms with Gasteiger partial charge in [0.2, 0.25) is 0 Å². The van der Waals surface area contributed by atoms with Gasteiger partial charge in [-0.15, -0.1) is 11.6 Å². The molecule has 0 unspecified atom stereocenters. The second-order valence-electron chi connectivity index (χ2n) is 4.40. The van der Waals surface area contributed by atoms with Crippen LogP contribution in [0.4, 0.5) is 0 Å². The van der Waals surface area contributed by atoms with E-state index in [1.165, 1.54) is 0 Å². The van der Waals surface area contributed by atoms with Gasteiger partial charge in [0.05, 0.1) is 12.4 Å². The molecule has 19 heavy (non-hydrogen) atoms. The zero-order valence-electron chi connectivity index (χ0n) is 10.5. The summed E-state index contributed by atoms with van der Waals surface area (Å²) in [7, 11) is 0. The Morgan fingerprint density at radius 3 is 2.63 bits per heavy atom. The van der Waals surface area contributed by atoms with Crippen LogP contribution in [0.3, 0.4) is 0 Å². The summed E-state index contributed by atoms with van der Waals surface area (Å²) in [5.74, 6) is 1.21. The van der Waals surface area contributed by atoms with Crippen molar-refractivity contribution in [1.82, 2.24) is 19.5 Å². The van der Waals surface area contributed by atoms with E-state index < -0.39 is 0 Å². The Bertz CT molecular complexity index is 706. The Labute approximate surface area is 116 Å². The molecule has 96 valence electrons. The summed E-state index contributed by atoms with van der Waals surface area (Å²) >= 11 is 5.99. The lowest BCUT2D eigenvalue weighted by Gasteiger charge is -2.07. The minimum atomic E-state index is 0.375. The number of pyridine rings is 2. The fraction of sp³-hybridized carbons (Fsp3) is 0.214. The summed E-state index contributed by atoms with van der Waals surface area (Å²) in [6.07, 6.45) is 3.57. The SMILES string of the molecule is Cc1ccc2nc(CCl)n(Cc3ccncc3)c2n1. The fourth-order valence-electron chi connectivity index (χ4n) is 2.08. The summed E-state index contributed by atoms with van der Waals surface area (Å²) < 4.78 is 2.06. The van der Waals surface area contributed by atoms with Crippen molar-refractivity contribution >= 4 is 22.8 Å². The van der Waals surface area contributed by atoms with Gasteiger partial charge in [0, 0.05) is 18.1 Å². The first-order valence-corrected chi connectivity index (χ1v) is 6.59. The van der Waals surface area contributed by atoms with Crippen molar-refractivity contribution in [3.63, 3.8) is 0 Å². The lowest BCUT2D eigenvalue weighted by atomic mass is 10.2. The Kier molecular flexibility index (Phi) is 3.17. The maximum Gasteiger partial charge on any atom is 0.160 e. The summed E-state index contributed by atoms with van der Waals surface area (Å²) in [5, 5.41) is 0. The van der Waals surface area contributed by atoms with E-state index in [4.69, 9.17) is 11.6 Å². The summed E-state index contributed by atoms with van der Waals surface area (Å²) in [5.41, 5.74) is 3.90. The number of aromatic nitrogens is 4. The van der Waals surface area contributed by atoms with Gasteiger partial charge >= 0.3 is 0 Å². The predicted molar refractivity (Wildman–Crippen MR) is 75.2 cm³/mol. The van der Waals surface area contributed by atoms with E-state index >= 15 is 0 Å². The first kappa shape index (κ1) is 12.1. The van der Waals surface area contributed by atoms with Crippen LogP contribution in [0.2, 0.25) is 0 Å². The zero-order chi connectivity index (χ0) is 13.2. The topological polar surface area (TPSA) is 43.6 Å². The molecule has 0 radical (unpaired) electrons. The molecule has 3 rings (SSSR count). The largest absolute Gasteiger partial charge is 0.307 e. The molecule has 3 aromatic heterocycles. The Morgan fingerprint density at radius 2 is 1.89 bits per heavy atom. The van der Waals surface area contributed by atoms with E-state index in [9.17, 15) is 0 Å². The van der Waals surface area contributed by atoms with E-state index in [0.717, 1.165) is 28.2 Å². The van der Waals surface area contributed by atoms with Crippen molar-refractivity contribution in [1.29, 1.82) is 0 Å². The molecule has 3 aromatic rings. The minimum absolute atomic E-state index is 0.375. The number of fused-ring (bicyclic) bond motifs is 1. The van der Waals surface area contributed by atoms with Crippen molar-refractivity contribution in [3.8, 4) is 0 Å². The highest BCUT2D eigenvalue weighted by molar-refractivity contribution is 6.16. The Morgan fingerprint density at radius 1 is 1.11 bits per heavy atom. The number of aryl methyl sites for hydroxylation is 1. The quantitative estimate of drug-likeness (QED) is 0.689. The summed E-state index contributed by atoms with van der Waals surface area (Å²) in [6, 6.07) is 7.92. The molecule has 0 saturated heterocycles. The fourth-order valence-corrected chi connectivity index (χ4v) is 2.29. The molecule has 0 saturated carbocycles. The summed E-state index contributed by atoms with van der Waals surface area (Å²) in [4.78, 5) is 13.1. The molecule has 0 amide bonds. The van der Waals surface area contributed by atoms with Crippen LogP contribution < -0.4 is 0 Å². The van der Waals surface area contributed by atoms with E-state index in [1.807, 2.05) is 31.2 Å². The second-order valence-corrected chi connectivity index (χ2v) is 4.67. The third kappa shape index (κ3) is 2.31. The van der Waals surface area contributed by atoms with E-state index in [-0.39, 0.29) is 0 Å². The third-order valence-electron chi connectivity index (χ3n) is 3.02. The molecule has 5 heteroatoms. The Hall–Kier alpha value is -1.94. The second kappa shape index (κ2) is 4.97. The van der Waals surface area contributed by atoms with Crippen molar-refractivity contribution in [2.45, 2.75) is 19.3 Å². The van der Waals surface area contributed by atoms with Crippen molar-refractivity contribution in [3.05, 3.63) is 53.7 Å². The maximum atomic E-state index is 5.99. The average Bonchev–Trinajstić information content (AvgIpc) is 2.78. The van der Waals surface area contributed by atoms with Crippen molar-refractivity contribution < 1.29 is 0 Å². The first-order valence-electron chi connectivity index (χ1n) is 6.05. The monoisotopic (exact) mass is 272 g/mol. The number of alkyl halides is 1. The Balaban J connectivity index is 2.12. The standard InChI is InChI=1S/C14H13ClN4/c1-10-2-3-12-14(17-10)19(13(8-15)18-12)9-11-4-6-16-7-5-11/h2-7H,8-9H2,1H3. The molecule has 0 fully saturated rings. The number of imidazole rings is 1. The molecule has 0 spiro atoms. The van der Waals surface area contributed by atoms with Gasteiger partial charge in [-0.25, -0.2) is 9.97 Å². The van der Waals surface area contributed by atoms with Gasteiger partial charge in [-0.1, -0.05) is 0 Å². The molecule has 0 atom stereocenters. The molecule has 0 aliphatic rings. The van der Waals surface area contributed by atoms with Gasteiger partial charge in [-0.2, -0.15) is 0 Å². The number of hydrogen-bond donors (Lipinski definition) is 0. The highest BCUT2D eigenvalue weighted by Crippen LogP contribution is 2.18. The van der Waals surface area contributed by atoms with Gasteiger partial charge in [-0.05, 0) is 36.8 Å². The smallest absolute Gasteiger partial charge is 0.160 e. The van der Waals surface area contributed by atoms with E-state index in [0.29, 0.717) is 12.4 Å². The van der Waals surface area contributed by atoms with Crippen LogP contribution in [0.5, 0.6) is 0 Å². The molecule has 4 nitrogen and oxygen atoms in total. The van der Waals surface area contributed by atoms with E-state index in [2.05, 4.69) is 19.5 Å². The minimum Gasteiger partial charge on any atom is -0.307 e. The van der Waals surface area contributed by atoms with Crippen LogP contribution in [-0.2, 0) is 12.4 Å². The number of halogens is 1. The molecule has 3 heterocycles. The zero-order valence-corrected chi connectivity index (χ0v) is 11.3. The van der Waals surface area contributed by atoms with Gasteiger partial charge < -0.3 is 4.57 Å². The molecule has 0 aliphatic heterocycles. The predicted octanol–water partition coefficient (Wildman–Crippen LogP) is 2.92. The van der Waals surface area contributed by atoms with Crippen molar-refractivity contribution in [2.24, 2.45) is 0 Å². The molecular weight excluding hydrogens is 260 g/mol. The van der Waals surface area contributed by atoms with Crippen LogP contribution in [0.15, 0.2) is 36.7 Å². The van der Waals surface area contributed by atoms with Crippen LogP contribution in [0.25, 0.3) is 11.2 Å². The highest BCUT2D eigenvalue weighted by atomic mass is 35.5. The van der Waals surface area contributed by atoms with Gasteiger partial charge in [0.15, 0.2) is 5.65 Å². The highest BCUT2D eigenvalue weighted by Gasteiger charge is 2.11. The van der Waals surface area contributed by atoms with Crippen molar-refractivity contribution in [2.75, 3.05) is 0 Å². The van der Waals surface area contributed by atoms with Gasteiger partial charge in [0.25, 0.3) is 0 Å². The maximum absolute atomic E-state index is 5.99. The number of hydrogen-bond acceptors (Lipinski definition) is 3. The molecule has 0 aliphatic carbocycles. The van der Waals surface area contributed by atoms with Crippen LogP contribution >= 0.6 is 11.6 Å². The lowest BCUT2D eigenvalue weighted by Crippen LogP contribution is -2.05. The molecule has 0 aromatic carbocycles. The molecule has 0 N–H and O–H groups in total. The normalized spacial score (nSPS) is 11.1. The average molecular weight is 273 g/mol. The van der Waals surface area contributed by atoms with E-state index in [1.54, 1.807) is 12.4 Å². The molecular formula is C14H13ClN4.